The van der Waals surface area contributed by atoms with Crippen LogP contribution in [0.4, 0.5) is 5.69 Å². The monoisotopic (exact) mass is 247 g/mol. The molecule has 0 saturated carbocycles. The molecule has 1 aromatic rings. The Hall–Kier alpha value is -1.77. The number of anilines is 1. The van der Waals surface area contributed by atoms with Crippen molar-refractivity contribution < 1.29 is 9.53 Å². The zero-order chi connectivity index (χ0) is 13.8. The Bertz CT molecular complexity index is 432. The van der Waals surface area contributed by atoms with E-state index in [1.807, 2.05) is 45.0 Å². The van der Waals surface area contributed by atoms with Gasteiger partial charge in [-0.2, -0.15) is 0 Å². The molecule has 0 heterocycles. The van der Waals surface area contributed by atoms with Gasteiger partial charge in [0, 0.05) is 11.6 Å². The highest BCUT2D eigenvalue weighted by Gasteiger charge is 2.24. The zero-order valence-corrected chi connectivity index (χ0v) is 11.3. The van der Waals surface area contributed by atoms with Crippen molar-refractivity contribution in [1.29, 1.82) is 0 Å². The predicted octanol–water partition coefficient (Wildman–Crippen LogP) is 3.13. The molecule has 0 aliphatic carbocycles. The number of hydrogen-bond donors (Lipinski definition) is 1. The molecule has 2 N–H and O–H groups in total. The van der Waals surface area contributed by atoms with Crippen molar-refractivity contribution in [2.24, 2.45) is 5.41 Å². The normalized spacial score (nSPS) is 12.8. The Morgan fingerprint density at radius 3 is 2.56 bits per heavy atom. The summed E-state index contributed by atoms with van der Waals surface area (Å²) in [6, 6.07) is 7.54. The van der Waals surface area contributed by atoms with Crippen LogP contribution >= 0.6 is 0 Å². The van der Waals surface area contributed by atoms with Crippen molar-refractivity contribution in [3.05, 3.63) is 42.5 Å². The fourth-order valence-corrected chi connectivity index (χ4v) is 1.52. The fourth-order valence-electron chi connectivity index (χ4n) is 1.52. The summed E-state index contributed by atoms with van der Waals surface area (Å²) in [5, 5.41) is 0. The van der Waals surface area contributed by atoms with E-state index in [9.17, 15) is 4.79 Å². The van der Waals surface area contributed by atoms with Crippen LogP contribution in [0, 0.1) is 5.41 Å². The van der Waals surface area contributed by atoms with E-state index < -0.39 is 5.41 Å². The number of hydrogen-bond acceptors (Lipinski definition) is 3. The lowest BCUT2D eigenvalue weighted by atomic mass is 9.96. The molecule has 98 valence electrons. The molecule has 0 aliphatic rings. The molecule has 0 spiro atoms. The van der Waals surface area contributed by atoms with Crippen LogP contribution in [0.2, 0.25) is 0 Å². The van der Waals surface area contributed by atoms with Crippen molar-refractivity contribution in [2.45, 2.75) is 26.7 Å². The van der Waals surface area contributed by atoms with Crippen molar-refractivity contribution >= 4 is 11.7 Å². The topological polar surface area (TPSA) is 52.3 Å². The third-order valence-corrected chi connectivity index (χ3v) is 2.69. The highest BCUT2D eigenvalue weighted by molar-refractivity contribution is 5.75. The number of ether oxygens (including phenoxy) is 1. The summed E-state index contributed by atoms with van der Waals surface area (Å²) in [6.45, 7) is 9.53. The predicted molar refractivity (Wildman–Crippen MR) is 74.2 cm³/mol. The van der Waals surface area contributed by atoms with Gasteiger partial charge in [-0.25, -0.2) is 0 Å². The van der Waals surface area contributed by atoms with E-state index in [0.29, 0.717) is 5.69 Å². The number of benzene rings is 1. The van der Waals surface area contributed by atoms with Gasteiger partial charge in [-0.1, -0.05) is 24.3 Å². The summed E-state index contributed by atoms with van der Waals surface area (Å²) >= 11 is 0. The van der Waals surface area contributed by atoms with Crippen LogP contribution in [0.15, 0.2) is 36.9 Å². The Balaban J connectivity index is 2.73. The molecule has 0 radical (unpaired) electrons. The molecule has 18 heavy (non-hydrogen) atoms. The summed E-state index contributed by atoms with van der Waals surface area (Å²) in [6.07, 6.45) is 1.75. The molecule has 1 atom stereocenters. The molecule has 0 aromatic heterocycles. The summed E-state index contributed by atoms with van der Waals surface area (Å²) in [5.41, 5.74) is 7.04. The van der Waals surface area contributed by atoms with Crippen LogP contribution in [0.1, 0.15) is 32.3 Å². The van der Waals surface area contributed by atoms with Crippen molar-refractivity contribution in [3.8, 4) is 0 Å². The molecule has 0 saturated heterocycles. The third kappa shape index (κ3) is 3.62. The molecule has 1 aromatic carbocycles. The smallest absolute Gasteiger partial charge is 0.311 e. The largest absolute Gasteiger partial charge is 0.464 e. The second kappa shape index (κ2) is 5.71. The second-order valence-electron chi connectivity index (χ2n) is 5.32. The van der Waals surface area contributed by atoms with Gasteiger partial charge in [-0.05, 0) is 32.4 Å². The van der Waals surface area contributed by atoms with Gasteiger partial charge in [-0.3, -0.25) is 4.79 Å². The van der Waals surface area contributed by atoms with Gasteiger partial charge in [0.2, 0.25) is 0 Å². The van der Waals surface area contributed by atoms with Gasteiger partial charge in [0.15, 0.2) is 0 Å². The lowest BCUT2D eigenvalue weighted by molar-refractivity contribution is -0.153. The van der Waals surface area contributed by atoms with E-state index in [-0.39, 0.29) is 18.5 Å². The minimum atomic E-state index is -0.492. The minimum Gasteiger partial charge on any atom is -0.464 e. The maximum atomic E-state index is 11.7. The third-order valence-electron chi connectivity index (χ3n) is 2.69. The SMILES string of the molecule is C=CC(COC(=O)C(C)(C)C)c1ccccc1N. The van der Waals surface area contributed by atoms with E-state index in [4.69, 9.17) is 10.5 Å². The number of esters is 1. The van der Waals surface area contributed by atoms with Crippen molar-refractivity contribution in [3.63, 3.8) is 0 Å². The van der Waals surface area contributed by atoms with Gasteiger partial charge >= 0.3 is 5.97 Å². The highest BCUT2D eigenvalue weighted by Crippen LogP contribution is 2.24. The van der Waals surface area contributed by atoms with Crippen LogP contribution in [-0.2, 0) is 9.53 Å². The Morgan fingerprint density at radius 2 is 2.06 bits per heavy atom. The first-order chi connectivity index (χ1) is 8.36. The van der Waals surface area contributed by atoms with E-state index in [1.54, 1.807) is 6.08 Å². The summed E-state index contributed by atoms with van der Waals surface area (Å²) in [5.74, 6) is -0.290. The number of nitrogens with two attached hydrogens (primary N) is 1. The summed E-state index contributed by atoms with van der Waals surface area (Å²) < 4.78 is 5.30. The first kappa shape index (κ1) is 14.3. The van der Waals surface area contributed by atoms with E-state index >= 15 is 0 Å². The summed E-state index contributed by atoms with van der Waals surface area (Å²) in [4.78, 5) is 11.7. The molecule has 1 unspecified atom stereocenters. The van der Waals surface area contributed by atoms with Gasteiger partial charge in [0.25, 0.3) is 0 Å². The molecule has 0 fully saturated rings. The zero-order valence-electron chi connectivity index (χ0n) is 11.3. The van der Waals surface area contributed by atoms with Crippen molar-refractivity contribution in [1.82, 2.24) is 0 Å². The van der Waals surface area contributed by atoms with E-state index in [1.165, 1.54) is 0 Å². The molecule has 3 heteroatoms. The Morgan fingerprint density at radius 1 is 1.44 bits per heavy atom. The van der Waals surface area contributed by atoms with Crippen LogP contribution in [-0.4, -0.2) is 12.6 Å². The molecule has 0 aliphatic heterocycles. The second-order valence-corrected chi connectivity index (χ2v) is 5.32. The van der Waals surface area contributed by atoms with Gasteiger partial charge < -0.3 is 10.5 Å². The average Bonchev–Trinajstić information content (AvgIpc) is 2.30. The standard InChI is InChI=1S/C15H21NO2/c1-5-11(10-18-14(17)15(2,3)4)12-8-6-7-9-13(12)16/h5-9,11H,1,10,16H2,2-4H3. The first-order valence-electron chi connectivity index (χ1n) is 6.00. The highest BCUT2D eigenvalue weighted by atomic mass is 16.5. The molecular weight excluding hydrogens is 226 g/mol. The molecule has 3 nitrogen and oxygen atoms in total. The quantitative estimate of drug-likeness (QED) is 0.505. The Labute approximate surface area is 109 Å². The van der Waals surface area contributed by atoms with Crippen LogP contribution < -0.4 is 5.73 Å². The van der Waals surface area contributed by atoms with Crippen LogP contribution in [0.5, 0.6) is 0 Å². The number of nitrogen functional groups attached to an aromatic ring is 1. The maximum Gasteiger partial charge on any atom is 0.311 e. The lowest BCUT2D eigenvalue weighted by Gasteiger charge is -2.20. The van der Waals surface area contributed by atoms with Gasteiger partial charge in [0.1, 0.15) is 6.61 Å². The van der Waals surface area contributed by atoms with E-state index in [0.717, 1.165) is 5.56 Å². The van der Waals surface area contributed by atoms with Gasteiger partial charge in [-0.15, -0.1) is 6.58 Å². The molecule has 1 rings (SSSR count). The number of rotatable bonds is 4. The van der Waals surface area contributed by atoms with Crippen molar-refractivity contribution in [2.75, 3.05) is 12.3 Å². The first-order valence-corrected chi connectivity index (χ1v) is 6.00. The number of para-hydroxylation sites is 1. The van der Waals surface area contributed by atoms with Crippen LogP contribution in [0.25, 0.3) is 0 Å². The molecule has 0 bridgehead atoms. The maximum absolute atomic E-state index is 11.7. The molecular formula is C15H21NO2. The average molecular weight is 247 g/mol. The molecule has 0 amide bonds. The lowest BCUT2D eigenvalue weighted by Crippen LogP contribution is -2.24. The summed E-state index contributed by atoms with van der Waals surface area (Å²) in [7, 11) is 0. The Kier molecular flexibility index (Phi) is 4.54. The minimum absolute atomic E-state index is 0.0718. The fraction of sp³-hybridized carbons (Fsp3) is 0.400. The van der Waals surface area contributed by atoms with E-state index in [2.05, 4.69) is 6.58 Å². The number of carbonyl (C=O) groups excluding carboxylic acids is 1. The van der Waals surface area contributed by atoms with Gasteiger partial charge in [0.05, 0.1) is 5.41 Å². The number of carbonyl (C=O) groups is 1. The van der Waals surface area contributed by atoms with Crippen LogP contribution in [0.3, 0.4) is 0 Å².